The molecule has 0 aromatic carbocycles. The summed E-state index contributed by atoms with van der Waals surface area (Å²) in [6.07, 6.45) is -0.0531. The van der Waals surface area contributed by atoms with Gasteiger partial charge in [-0.15, -0.1) is 5.06 Å². The van der Waals surface area contributed by atoms with E-state index in [0.717, 1.165) is 0 Å². The van der Waals surface area contributed by atoms with Crippen LogP contribution in [-0.2, 0) is 19.2 Å². The lowest BCUT2D eigenvalue weighted by atomic mass is 10.4. The summed E-state index contributed by atoms with van der Waals surface area (Å²) in [6.45, 7) is 3.30. The van der Waals surface area contributed by atoms with Crippen LogP contribution in [0.2, 0.25) is 0 Å². The lowest BCUT2D eigenvalue weighted by Crippen LogP contribution is -2.32. The Bertz CT molecular complexity index is 294. The van der Waals surface area contributed by atoms with E-state index in [9.17, 15) is 14.4 Å². The Morgan fingerprint density at radius 1 is 1.43 bits per heavy atom. The van der Waals surface area contributed by atoms with Crippen LogP contribution < -0.4 is 5.73 Å². The second kappa shape index (κ2) is 3.91. The van der Waals surface area contributed by atoms with Crippen molar-refractivity contribution in [2.24, 2.45) is 5.73 Å². The summed E-state index contributed by atoms with van der Waals surface area (Å²) in [5.41, 5.74) is 5.27. The predicted octanol–water partition coefficient (Wildman–Crippen LogP) is -0.544. The van der Waals surface area contributed by atoms with Crippen molar-refractivity contribution in [1.82, 2.24) is 5.06 Å². The number of amides is 2. The van der Waals surface area contributed by atoms with Gasteiger partial charge in [-0.3, -0.25) is 9.59 Å². The molecule has 1 rings (SSSR count). The van der Waals surface area contributed by atoms with Gasteiger partial charge < -0.3 is 10.6 Å². The second-order valence-corrected chi connectivity index (χ2v) is 2.88. The smallest absolute Gasteiger partial charge is 0.339 e. The maximum Gasteiger partial charge on any atom is 0.339 e. The first-order valence-electron chi connectivity index (χ1n) is 4.00. The maximum atomic E-state index is 11.0. The Labute approximate surface area is 80.3 Å². The van der Waals surface area contributed by atoms with Crippen molar-refractivity contribution in [2.75, 3.05) is 0 Å². The highest BCUT2D eigenvalue weighted by Gasteiger charge is 2.32. The minimum absolute atomic E-state index is 0.0791. The normalized spacial score (nSPS) is 15.9. The van der Waals surface area contributed by atoms with Crippen molar-refractivity contribution in [3.63, 3.8) is 0 Å². The van der Waals surface area contributed by atoms with Crippen LogP contribution in [0.5, 0.6) is 0 Å². The highest BCUT2D eigenvalue weighted by Crippen LogP contribution is 2.12. The van der Waals surface area contributed by atoms with Crippen LogP contribution in [0.3, 0.4) is 0 Å². The predicted molar refractivity (Wildman–Crippen MR) is 45.1 cm³/mol. The summed E-state index contributed by atoms with van der Waals surface area (Å²) in [4.78, 5) is 37.5. The van der Waals surface area contributed by atoms with E-state index in [1.165, 1.54) is 0 Å². The number of nitrogens with zero attached hydrogens (tertiary/aromatic N) is 1. The average molecular weight is 198 g/mol. The molecule has 1 heterocycles. The number of rotatable bonds is 3. The third kappa shape index (κ3) is 2.32. The van der Waals surface area contributed by atoms with E-state index in [0.29, 0.717) is 5.06 Å². The van der Waals surface area contributed by atoms with Crippen LogP contribution in [0, 0.1) is 0 Å². The molecule has 1 aliphatic heterocycles. The lowest BCUT2D eigenvalue weighted by molar-refractivity contribution is -0.197. The third-order valence-electron chi connectivity index (χ3n) is 1.57. The number of hydrogen-bond donors (Lipinski definition) is 1. The summed E-state index contributed by atoms with van der Waals surface area (Å²) in [6, 6.07) is 0. The van der Waals surface area contributed by atoms with E-state index in [4.69, 9.17) is 5.73 Å². The third-order valence-corrected chi connectivity index (χ3v) is 1.57. The van der Waals surface area contributed by atoms with E-state index < -0.39 is 17.8 Å². The highest BCUT2D eigenvalue weighted by atomic mass is 16.7. The minimum atomic E-state index is -0.763. The van der Waals surface area contributed by atoms with Gasteiger partial charge in [0.1, 0.15) is 0 Å². The zero-order chi connectivity index (χ0) is 10.7. The summed E-state index contributed by atoms with van der Waals surface area (Å²) in [5, 5.41) is 0.477. The standard InChI is InChI=1S/C8H10N2O4/c1-5(9)4-8(13)14-10-6(11)2-3-7(10)12/h1-4,9H2. The zero-order valence-electron chi connectivity index (χ0n) is 7.49. The SMILES string of the molecule is C=C(N)CC(=O)ON1C(=O)CCC1=O. The molecular formula is C8H10N2O4. The maximum absolute atomic E-state index is 11.0. The average Bonchev–Trinajstić information content (AvgIpc) is 2.34. The quantitative estimate of drug-likeness (QED) is 0.615. The van der Waals surface area contributed by atoms with Crippen molar-refractivity contribution < 1.29 is 19.2 Å². The molecular weight excluding hydrogens is 188 g/mol. The van der Waals surface area contributed by atoms with Gasteiger partial charge in [-0.25, -0.2) is 4.79 Å². The molecule has 1 saturated heterocycles. The van der Waals surface area contributed by atoms with Gasteiger partial charge >= 0.3 is 5.97 Å². The molecule has 14 heavy (non-hydrogen) atoms. The van der Waals surface area contributed by atoms with Gasteiger partial charge in [0, 0.05) is 18.5 Å². The Balaban J connectivity index is 2.51. The van der Waals surface area contributed by atoms with Gasteiger partial charge in [0.25, 0.3) is 11.8 Å². The number of hydrogen-bond acceptors (Lipinski definition) is 5. The lowest BCUT2D eigenvalue weighted by Gasteiger charge is -2.11. The van der Waals surface area contributed by atoms with Crippen molar-refractivity contribution in [2.45, 2.75) is 19.3 Å². The molecule has 2 N–H and O–H groups in total. The van der Waals surface area contributed by atoms with Gasteiger partial charge in [0.15, 0.2) is 0 Å². The Hall–Kier alpha value is -1.85. The molecule has 6 heteroatoms. The summed E-state index contributed by atoms with van der Waals surface area (Å²) in [7, 11) is 0. The highest BCUT2D eigenvalue weighted by molar-refractivity contribution is 6.01. The monoisotopic (exact) mass is 198 g/mol. The van der Waals surface area contributed by atoms with Gasteiger partial charge in [-0.05, 0) is 0 Å². The molecule has 0 bridgehead atoms. The van der Waals surface area contributed by atoms with E-state index in [1.54, 1.807) is 0 Å². The van der Waals surface area contributed by atoms with Gasteiger partial charge in [0.2, 0.25) is 0 Å². The van der Waals surface area contributed by atoms with Crippen molar-refractivity contribution in [1.29, 1.82) is 0 Å². The van der Waals surface area contributed by atoms with E-state index in [-0.39, 0.29) is 25.0 Å². The molecule has 0 aromatic rings. The Kier molecular flexibility index (Phi) is 2.85. The summed E-state index contributed by atoms with van der Waals surface area (Å²) in [5.74, 6) is -1.78. The zero-order valence-corrected chi connectivity index (χ0v) is 7.49. The molecule has 0 unspecified atom stereocenters. The first-order chi connectivity index (χ1) is 6.50. The number of carbonyl (C=O) groups excluding carboxylic acids is 3. The summed E-state index contributed by atoms with van der Waals surface area (Å²) < 4.78 is 0. The van der Waals surface area contributed by atoms with Crippen LogP contribution in [0.1, 0.15) is 19.3 Å². The topological polar surface area (TPSA) is 89.7 Å². The Morgan fingerprint density at radius 3 is 2.36 bits per heavy atom. The number of hydroxylamine groups is 2. The molecule has 0 saturated carbocycles. The van der Waals surface area contributed by atoms with E-state index in [2.05, 4.69) is 11.4 Å². The molecule has 6 nitrogen and oxygen atoms in total. The fourth-order valence-corrected chi connectivity index (χ4v) is 0.977. The van der Waals surface area contributed by atoms with Crippen molar-refractivity contribution in [3.05, 3.63) is 12.3 Å². The van der Waals surface area contributed by atoms with Gasteiger partial charge in [-0.2, -0.15) is 0 Å². The van der Waals surface area contributed by atoms with Crippen LogP contribution in [0.25, 0.3) is 0 Å². The van der Waals surface area contributed by atoms with Gasteiger partial charge in [0.05, 0.1) is 6.42 Å². The van der Waals surface area contributed by atoms with Crippen molar-refractivity contribution in [3.8, 4) is 0 Å². The molecule has 0 atom stereocenters. The molecule has 0 radical (unpaired) electrons. The molecule has 1 fully saturated rings. The van der Waals surface area contributed by atoms with Crippen LogP contribution in [-0.4, -0.2) is 22.8 Å². The minimum Gasteiger partial charge on any atom is -0.402 e. The van der Waals surface area contributed by atoms with Crippen LogP contribution >= 0.6 is 0 Å². The molecule has 1 aliphatic rings. The number of nitrogens with two attached hydrogens (primary N) is 1. The van der Waals surface area contributed by atoms with E-state index in [1.807, 2.05) is 0 Å². The number of carbonyl (C=O) groups is 3. The first-order valence-corrected chi connectivity index (χ1v) is 4.00. The van der Waals surface area contributed by atoms with Crippen LogP contribution in [0.15, 0.2) is 12.3 Å². The fraction of sp³-hybridized carbons (Fsp3) is 0.375. The van der Waals surface area contributed by atoms with Crippen LogP contribution in [0.4, 0.5) is 0 Å². The van der Waals surface area contributed by atoms with Crippen molar-refractivity contribution >= 4 is 17.8 Å². The second-order valence-electron chi connectivity index (χ2n) is 2.88. The first kappa shape index (κ1) is 10.2. The van der Waals surface area contributed by atoms with E-state index >= 15 is 0 Å². The Morgan fingerprint density at radius 2 is 1.93 bits per heavy atom. The molecule has 76 valence electrons. The van der Waals surface area contributed by atoms with Gasteiger partial charge in [-0.1, -0.05) is 6.58 Å². The molecule has 0 spiro atoms. The number of imide groups is 1. The fourth-order valence-electron chi connectivity index (χ4n) is 0.977. The summed E-state index contributed by atoms with van der Waals surface area (Å²) >= 11 is 0. The molecule has 0 aromatic heterocycles. The molecule has 0 aliphatic carbocycles. The molecule has 2 amide bonds. The largest absolute Gasteiger partial charge is 0.402 e.